The number of carbonyl (C=O) groups is 8. The molecule has 0 aromatic rings. The number of rotatable bonds is 13. The lowest BCUT2D eigenvalue weighted by Gasteiger charge is -2.24. The Morgan fingerprint density at radius 1 is 0.762 bits per heavy atom. The van der Waals surface area contributed by atoms with Crippen LogP contribution in [0.3, 0.4) is 0 Å². The third-order valence-electron chi connectivity index (χ3n) is 5.84. The van der Waals surface area contributed by atoms with Gasteiger partial charge in [-0.3, -0.25) is 47.5 Å². The lowest BCUT2D eigenvalue weighted by atomic mass is 10.1. The first-order valence-corrected chi connectivity index (χ1v) is 21.8. The molecule has 0 saturated carbocycles. The van der Waals surface area contributed by atoms with Crippen molar-refractivity contribution in [2.75, 3.05) is 59.7 Å². The maximum atomic E-state index is 10.6. The smallest absolute Gasteiger partial charge is 0.202 e. The molecule has 0 bridgehead atoms. The summed E-state index contributed by atoms with van der Waals surface area (Å²) in [7, 11) is 2.03. The number of hydrogen-bond acceptors (Lipinski definition) is 12. The van der Waals surface area contributed by atoms with Crippen LogP contribution in [0.2, 0.25) is 0 Å². The number of carbonyl (C=O) groups excluding carboxylic acids is 8. The molecule has 63 heavy (non-hydrogen) atoms. The van der Waals surface area contributed by atoms with E-state index in [-0.39, 0.29) is 46.3 Å². The van der Waals surface area contributed by atoms with Crippen molar-refractivity contribution in [3.8, 4) is 24.2 Å². The van der Waals surface area contributed by atoms with E-state index in [9.17, 15) is 42.6 Å². The molecule has 13 heteroatoms. The van der Waals surface area contributed by atoms with Crippen LogP contribution in [-0.4, -0.2) is 126 Å². The second kappa shape index (κ2) is 54.6. The van der Waals surface area contributed by atoms with E-state index in [0.717, 1.165) is 57.8 Å². The van der Waals surface area contributed by atoms with Gasteiger partial charge in [-0.25, -0.2) is 0 Å². The van der Waals surface area contributed by atoms with Gasteiger partial charge in [0.1, 0.15) is 0 Å². The van der Waals surface area contributed by atoms with Crippen LogP contribution >= 0.6 is 0 Å². The van der Waals surface area contributed by atoms with Crippen molar-refractivity contribution in [1.82, 2.24) is 9.80 Å². The van der Waals surface area contributed by atoms with E-state index in [1.54, 1.807) is 59.1 Å². The van der Waals surface area contributed by atoms with Crippen molar-refractivity contribution in [2.24, 2.45) is 0 Å². The number of terminal acetylenes is 1. The molecule has 1 heterocycles. The summed E-state index contributed by atoms with van der Waals surface area (Å²) >= 11 is 0. The van der Waals surface area contributed by atoms with Gasteiger partial charge in [-0.2, -0.15) is 0 Å². The highest BCUT2D eigenvalue weighted by atomic mass is 32.2. The zero-order valence-corrected chi connectivity index (χ0v) is 42.1. The summed E-state index contributed by atoms with van der Waals surface area (Å²) in [5.74, 6) is 10.2. The third kappa shape index (κ3) is 113. The topological polar surface area (TPSA) is 169 Å². The van der Waals surface area contributed by atoms with Gasteiger partial charge in [0.25, 0.3) is 0 Å². The van der Waals surface area contributed by atoms with Crippen molar-refractivity contribution < 1.29 is 47.3 Å². The molecule has 0 aromatic carbocycles. The fourth-order valence-electron chi connectivity index (χ4n) is 2.47. The summed E-state index contributed by atoms with van der Waals surface area (Å²) in [5.41, 5.74) is 1.36. The lowest BCUT2D eigenvalue weighted by Crippen LogP contribution is -2.36. The molecule has 356 valence electrons. The summed E-state index contributed by atoms with van der Waals surface area (Å²) in [6.45, 7) is 37.9. The maximum Gasteiger partial charge on any atom is 0.202 e. The van der Waals surface area contributed by atoms with Crippen molar-refractivity contribution in [1.29, 1.82) is 0 Å². The van der Waals surface area contributed by atoms with Gasteiger partial charge < -0.3 is 9.64 Å². The number of morpholine rings is 1. The molecule has 1 atom stereocenters. The summed E-state index contributed by atoms with van der Waals surface area (Å²) in [6, 6.07) is 0. The van der Waals surface area contributed by atoms with E-state index in [1.165, 1.54) is 52.2 Å². The zero-order chi connectivity index (χ0) is 51.6. The number of hydrogen-bond donors (Lipinski definition) is 0. The average Bonchev–Trinajstić information content (AvgIpc) is 3.16. The van der Waals surface area contributed by atoms with Crippen LogP contribution in [0.25, 0.3) is 0 Å². The summed E-state index contributed by atoms with van der Waals surface area (Å²) in [4.78, 5) is 84.7. The van der Waals surface area contributed by atoms with Crippen LogP contribution in [0.5, 0.6) is 0 Å². The van der Waals surface area contributed by atoms with Crippen LogP contribution in [0, 0.1) is 24.2 Å². The zero-order valence-electron chi connectivity index (χ0n) is 41.3. The van der Waals surface area contributed by atoms with Crippen LogP contribution in [0.4, 0.5) is 0 Å². The van der Waals surface area contributed by atoms with E-state index in [4.69, 9.17) is 4.74 Å². The Morgan fingerprint density at radius 3 is 1.32 bits per heavy atom. The number of ether oxygens (including phenoxy) is 1. The van der Waals surface area contributed by atoms with Crippen LogP contribution < -0.4 is 0 Å². The molecule has 0 radical (unpaired) electrons. The quantitative estimate of drug-likeness (QED) is 0.0777. The first-order valence-electron chi connectivity index (χ1n) is 19.6. The normalized spacial score (nSPS) is 11.5. The molecule has 0 amide bonds. The summed E-state index contributed by atoms with van der Waals surface area (Å²) < 4.78 is 15.5. The molecule has 12 nitrogen and oxygen atoms in total. The van der Waals surface area contributed by atoms with E-state index in [0.29, 0.717) is 5.57 Å². The second-order valence-electron chi connectivity index (χ2n) is 13.2. The highest BCUT2D eigenvalue weighted by molar-refractivity contribution is 8.02. The molecule has 1 aliphatic heterocycles. The van der Waals surface area contributed by atoms with E-state index < -0.39 is 9.52 Å². The number of likely N-dealkylation sites (N-methyl/N-ethyl adjacent to an activating group) is 1. The summed E-state index contributed by atoms with van der Waals surface area (Å²) in [5, 5.41) is 1.35. The fourth-order valence-corrected chi connectivity index (χ4v) is 2.47. The molecule has 1 saturated heterocycles. The Hall–Kier alpha value is -5.44. The van der Waals surface area contributed by atoms with Gasteiger partial charge in [-0.1, -0.05) is 63.8 Å². The van der Waals surface area contributed by atoms with Gasteiger partial charge in [0, 0.05) is 46.3 Å². The minimum atomic E-state index is -1.90. The Balaban J connectivity index is -0.0000000916. The van der Waals surface area contributed by atoms with Crippen molar-refractivity contribution >= 4 is 61.7 Å². The van der Waals surface area contributed by atoms with Crippen molar-refractivity contribution in [3.63, 3.8) is 0 Å². The van der Waals surface area contributed by atoms with E-state index >= 15 is 0 Å². The van der Waals surface area contributed by atoms with E-state index in [1.807, 2.05) is 50.9 Å². The van der Waals surface area contributed by atoms with Crippen LogP contribution in [-0.2, 0) is 52.6 Å². The second-order valence-corrected chi connectivity index (χ2v) is 15.7. The van der Waals surface area contributed by atoms with Gasteiger partial charge in [0.15, 0.2) is 34.7 Å². The number of Topliss-reactive ketones (excluding diaryl/α,β-unsaturated/α-hetero) is 4. The minimum absolute atomic E-state index is 0.0185. The van der Waals surface area contributed by atoms with Gasteiger partial charge in [-0.05, 0) is 151 Å². The first-order chi connectivity index (χ1) is 28.9. The van der Waals surface area contributed by atoms with Gasteiger partial charge in [0.2, 0.25) is 11.6 Å². The average molecular weight is 901 g/mol. The molecule has 1 rings (SSSR count). The molecule has 0 aromatic heterocycles. The third-order valence-corrected chi connectivity index (χ3v) is 6.54. The highest BCUT2D eigenvalue weighted by Crippen LogP contribution is 2.01. The molecule has 0 N–H and O–H groups in total. The Bertz CT molecular complexity index is 1680. The molecule has 0 aliphatic carbocycles. The molecule has 1 aliphatic rings. The summed E-state index contributed by atoms with van der Waals surface area (Å²) in [6.07, 6.45) is 19.5. The first kappa shape index (κ1) is 75.0. The monoisotopic (exact) mass is 901 g/mol. The van der Waals surface area contributed by atoms with Gasteiger partial charge in [-0.15, -0.1) is 6.42 Å². The van der Waals surface area contributed by atoms with Crippen LogP contribution in [0.1, 0.15) is 95.9 Å². The highest BCUT2D eigenvalue weighted by Gasteiger charge is 2.07. The number of nitrogens with zero attached hydrogens (tertiary/aromatic N) is 2. The van der Waals surface area contributed by atoms with Crippen LogP contribution in [0.15, 0.2) is 85.4 Å². The molecule has 1 fully saturated rings. The predicted octanol–water partition coefficient (Wildman–Crippen LogP) is 7.44. The predicted molar refractivity (Wildman–Crippen MR) is 267 cm³/mol. The largest absolute Gasteiger partial charge is 0.379 e. The Kier molecular flexibility index (Phi) is 64.9. The molecule has 0 spiro atoms. The van der Waals surface area contributed by atoms with Gasteiger partial charge >= 0.3 is 0 Å². The Morgan fingerprint density at radius 2 is 1.14 bits per heavy atom. The van der Waals surface area contributed by atoms with Crippen molar-refractivity contribution in [3.05, 3.63) is 85.4 Å². The van der Waals surface area contributed by atoms with Crippen molar-refractivity contribution in [2.45, 2.75) is 95.9 Å². The molecular formula is C50H80N2O10S. The number of ketones is 8. The standard InChI is InChI=1S/C9H15NO2.C7H13NO.C7H12O.2C5H8O.C5H6O.C4H8OS.C4H6O.C4H4O/c1-9(11)3-2-4-10-5-7-12-8-6-10;1-7(9)5-4-6-8(2)3;1-4-5-6(2)7(3)8;1-4(2)5(3)6;2*1-3-4-5(2)6;1-4-6(2,3)5;2*1-3-4(2)5/h2-3H,4-8H2,1H3;4-5H,6H2,1-3H3;2,4-5H2,1,3H3;1H2,2-3H3;3-4H,1-2H3;1-2H3;4H,1-2H2,3H3;3H,1H2,2H3;1H,2H3/b3-2+;5-4+;;;4-3+;;;;. The number of allylic oxidation sites excluding steroid dienone is 7. The Labute approximate surface area is 382 Å². The fraction of sp³-hybridized carbons (Fsp3) is 0.460. The maximum absolute atomic E-state index is 10.6. The lowest BCUT2D eigenvalue weighted by molar-refractivity contribution is -0.114. The van der Waals surface area contributed by atoms with E-state index in [2.05, 4.69) is 55.4 Å². The molecule has 1 unspecified atom stereocenters. The van der Waals surface area contributed by atoms with Gasteiger partial charge in [0.05, 0.1) is 13.2 Å². The molecular weight excluding hydrogens is 821 g/mol. The SMILES string of the molecule is C#CC(C)=O.C/C=C/C(C)=O.C=C(C)C(C)=O.C=C(CCC)C(C)=O.C=CC(C)=O.C=CS(=C)(C)=O.CC#CC(C)=O.CC(=O)/C=C/CN(C)C.CC(=O)/C=C/CN1CCOCC1. The minimum Gasteiger partial charge on any atom is -0.379 e.